The van der Waals surface area contributed by atoms with E-state index in [-0.39, 0.29) is 12.3 Å². The number of hydrogen-bond donors (Lipinski definition) is 3. The van der Waals surface area contributed by atoms with Gasteiger partial charge < -0.3 is 16.4 Å². The summed E-state index contributed by atoms with van der Waals surface area (Å²) < 4.78 is 1.81. The molecule has 1 aromatic heterocycles. The maximum Gasteiger partial charge on any atom is 0.312 e. The number of carbonyl (C=O) groups excluding carboxylic acids is 2. The molecule has 1 heterocycles. The number of primary amides is 1. The van der Waals surface area contributed by atoms with Gasteiger partial charge in [-0.3, -0.25) is 9.48 Å². The van der Waals surface area contributed by atoms with Gasteiger partial charge in [0.1, 0.15) is 0 Å². The van der Waals surface area contributed by atoms with Crippen molar-refractivity contribution in [1.82, 2.24) is 15.1 Å². The van der Waals surface area contributed by atoms with Crippen molar-refractivity contribution in [3.05, 3.63) is 83.7 Å². The van der Waals surface area contributed by atoms with Gasteiger partial charge in [-0.25, -0.2) is 4.79 Å². The van der Waals surface area contributed by atoms with E-state index in [1.54, 1.807) is 6.20 Å². The first-order valence-corrected chi connectivity index (χ1v) is 8.99. The van der Waals surface area contributed by atoms with Crippen molar-refractivity contribution < 1.29 is 9.59 Å². The van der Waals surface area contributed by atoms with Crippen LogP contribution < -0.4 is 16.4 Å². The van der Waals surface area contributed by atoms with Crippen molar-refractivity contribution in [2.75, 3.05) is 5.32 Å². The Morgan fingerprint density at radius 1 is 1.14 bits per heavy atom. The molecule has 0 aliphatic heterocycles. The number of amides is 3. The molecule has 0 radical (unpaired) electrons. The zero-order valence-corrected chi connectivity index (χ0v) is 15.6. The van der Waals surface area contributed by atoms with E-state index in [9.17, 15) is 9.59 Å². The molecule has 0 saturated heterocycles. The van der Waals surface area contributed by atoms with Gasteiger partial charge in [-0.2, -0.15) is 5.10 Å². The highest BCUT2D eigenvalue weighted by molar-refractivity contribution is 5.91. The number of hydrogen-bond acceptors (Lipinski definition) is 3. The molecule has 3 rings (SSSR count). The van der Waals surface area contributed by atoms with Gasteiger partial charge in [0, 0.05) is 18.1 Å². The van der Waals surface area contributed by atoms with Crippen molar-refractivity contribution in [3.63, 3.8) is 0 Å². The summed E-state index contributed by atoms with van der Waals surface area (Å²) in [5, 5.41) is 9.74. The van der Waals surface area contributed by atoms with Crippen LogP contribution in [0.1, 0.15) is 29.2 Å². The van der Waals surface area contributed by atoms with Crippen LogP contribution in [0.3, 0.4) is 0 Å². The molecule has 0 saturated carbocycles. The van der Waals surface area contributed by atoms with Crippen LogP contribution in [0.25, 0.3) is 0 Å². The van der Waals surface area contributed by atoms with Gasteiger partial charge in [0.05, 0.1) is 19.0 Å². The largest absolute Gasteiger partial charge is 0.352 e. The molecule has 0 aliphatic rings. The van der Waals surface area contributed by atoms with Crippen LogP contribution in [0.4, 0.5) is 10.5 Å². The number of nitrogens with one attached hydrogen (secondary N) is 2. The fourth-order valence-electron chi connectivity index (χ4n) is 3.11. The minimum atomic E-state index is -0.665. The van der Waals surface area contributed by atoms with Crippen LogP contribution in [-0.4, -0.2) is 21.7 Å². The fourth-order valence-corrected chi connectivity index (χ4v) is 3.11. The van der Waals surface area contributed by atoms with E-state index >= 15 is 0 Å². The molecular formula is C21H23N5O2. The monoisotopic (exact) mass is 377 g/mol. The second-order valence-corrected chi connectivity index (χ2v) is 6.57. The predicted octanol–water partition coefficient (Wildman–Crippen LogP) is 2.98. The van der Waals surface area contributed by atoms with E-state index in [1.165, 1.54) is 0 Å². The first-order valence-electron chi connectivity index (χ1n) is 8.99. The first kappa shape index (κ1) is 19.2. The maximum atomic E-state index is 12.6. The smallest absolute Gasteiger partial charge is 0.312 e. The molecule has 144 valence electrons. The van der Waals surface area contributed by atoms with Gasteiger partial charge in [0.25, 0.3) is 0 Å². The molecule has 1 atom stereocenters. The third-order valence-corrected chi connectivity index (χ3v) is 4.38. The summed E-state index contributed by atoms with van der Waals surface area (Å²) in [4.78, 5) is 24.0. The van der Waals surface area contributed by atoms with E-state index in [0.717, 1.165) is 16.7 Å². The molecule has 3 amide bonds. The van der Waals surface area contributed by atoms with Gasteiger partial charge >= 0.3 is 6.03 Å². The molecule has 3 aromatic rings. The van der Waals surface area contributed by atoms with Gasteiger partial charge in [0.15, 0.2) is 0 Å². The highest BCUT2D eigenvalue weighted by Crippen LogP contribution is 2.21. The van der Waals surface area contributed by atoms with E-state index in [2.05, 4.69) is 15.7 Å². The second kappa shape index (κ2) is 8.85. The molecule has 0 aliphatic carbocycles. The third kappa shape index (κ3) is 5.20. The second-order valence-electron chi connectivity index (χ2n) is 6.57. The minimum absolute atomic E-state index is 0.0805. The summed E-state index contributed by atoms with van der Waals surface area (Å²) in [6, 6.07) is 15.9. The number of aromatic nitrogens is 2. The summed E-state index contributed by atoms with van der Waals surface area (Å²) in [6.07, 6.45) is 3.69. The van der Waals surface area contributed by atoms with Crippen LogP contribution in [0.5, 0.6) is 0 Å². The van der Waals surface area contributed by atoms with Crippen LogP contribution >= 0.6 is 0 Å². The Bertz CT molecular complexity index is 953. The number of rotatable bonds is 7. The predicted molar refractivity (Wildman–Crippen MR) is 108 cm³/mol. The SMILES string of the molecule is Cc1ccccc1C(CC(=O)Nc1cccc(Cn2cccn2)c1)NC(N)=O. The van der Waals surface area contributed by atoms with Crippen molar-refractivity contribution in [2.45, 2.75) is 25.9 Å². The standard InChI is InChI=1S/C21H23N5O2/c1-15-6-2-3-9-18(15)19(25-21(22)28)13-20(27)24-17-8-4-7-16(12-17)14-26-11-5-10-23-26/h2-12,19H,13-14H2,1H3,(H,24,27)(H3,22,25,28). The molecule has 0 bridgehead atoms. The zero-order chi connectivity index (χ0) is 19.9. The Morgan fingerprint density at radius 2 is 1.96 bits per heavy atom. The number of benzene rings is 2. The Labute approximate surface area is 163 Å². The summed E-state index contributed by atoms with van der Waals surface area (Å²) in [5.74, 6) is -0.210. The van der Waals surface area contributed by atoms with E-state index < -0.39 is 12.1 Å². The lowest BCUT2D eigenvalue weighted by atomic mass is 9.98. The van der Waals surface area contributed by atoms with Crippen LogP contribution in [-0.2, 0) is 11.3 Å². The molecule has 7 nitrogen and oxygen atoms in total. The average Bonchev–Trinajstić information content (AvgIpc) is 3.14. The van der Waals surface area contributed by atoms with Crippen LogP contribution in [0.2, 0.25) is 0 Å². The summed E-state index contributed by atoms with van der Waals surface area (Å²) in [6.45, 7) is 2.55. The lowest BCUT2D eigenvalue weighted by molar-refractivity contribution is -0.116. The van der Waals surface area contributed by atoms with Gasteiger partial charge in [-0.15, -0.1) is 0 Å². The summed E-state index contributed by atoms with van der Waals surface area (Å²) in [5.41, 5.74) is 8.86. The Kier molecular flexibility index (Phi) is 6.06. The Hall–Kier alpha value is -3.61. The van der Waals surface area contributed by atoms with Crippen LogP contribution in [0, 0.1) is 6.92 Å². The van der Waals surface area contributed by atoms with Crippen molar-refractivity contribution in [2.24, 2.45) is 5.73 Å². The summed E-state index contributed by atoms with van der Waals surface area (Å²) in [7, 11) is 0. The molecule has 2 aromatic carbocycles. The average molecular weight is 377 g/mol. The summed E-state index contributed by atoms with van der Waals surface area (Å²) >= 11 is 0. The molecule has 7 heteroatoms. The number of nitrogens with zero attached hydrogens (tertiary/aromatic N) is 2. The van der Waals surface area contributed by atoms with E-state index in [1.807, 2.05) is 72.4 Å². The number of anilines is 1. The van der Waals surface area contributed by atoms with Gasteiger partial charge in [-0.1, -0.05) is 36.4 Å². The lowest BCUT2D eigenvalue weighted by Crippen LogP contribution is -2.35. The first-order chi connectivity index (χ1) is 13.5. The van der Waals surface area contributed by atoms with Crippen molar-refractivity contribution >= 4 is 17.6 Å². The number of carbonyl (C=O) groups is 2. The lowest BCUT2D eigenvalue weighted by Gasteiger charge is -2.19. The van der Waals surface area contributed by atoms with E-state index in [4.69, 9.17) is 5.73 Å². The fraction of sp³-hybridized carbons (Fsp3) is 0.190. The highest BCUT2D eigenvalue weighted by atomic mass is 16.2. The molecule has 0 fully saturated rings. The number of urea groups is 1. The van der Waals surface area contributed by atoms with Crippen molar-refractivity contribution in [1.29, 1.82) is 0 Å². The Morgan fingerprint density at radius 3 is 2.68 bits per heavy atom. The van der Waals surface area contributed by atoms with E-state index in [0.29, 0.717) is 12.2 Å². The van der Waals surface area contributed by atoms with Crippen LogP contribution in [0.15, 0.2) is 67.0 Å². The normalized spacial score (nSPS) is 11.6. The molecule has 28 heavy (non-hydrogen) atoms. The molecule has 4 N–H and O–H groups in total. The zero-order valence-electron chi connectivity index (χ0n) is 15.6. The quantitative estimate of drug-likeness (QED) is 0.590. The minimum Gasteiger partial charge on any atom is -0.352 e. The maximum absolute atomic E-state index is 12.6. The molecular weight excluding hydrogens is 354 g/mol. The highest BCUT2D eigenvalue weighted by Gasteiger charge is 2.19. The number of aryl methyl sites for hydroxylation is 1. The number of nitrogens with two attached hydrogens (primary N) is 1. The Balaban J connectivity index is 1.69. The van der Waals surface area contributed by atoms with Crippen molar-refractivity contribution in [3.8, 4) is 0 Å². The molecule has 1 unspecified atom stereocenters. The van der Waals surface area contributed by atoms with Gasteiger partial charge in [0.2, 0.25) is 5.91 Å². The third-order valence-electron chi connectivity index (χ3n) is 4.38. The van der Waals surface area contributed by atoms with Gasteiger partial charge in [-0.05, 0) is 41.8 Å². The molecule has 0 spiro atoms. The topological polar surface area (TPSA) is 102 Å².